The standard InChI is InChI=1S/C22H24ClN3O2/c1-15-11-17-13-18(21(23)25-20(17)12-16(15)2)14-24-22(27)26(9-10-28-3)19-7-5-4-6-8-19/h4-8,11-13H,9-10,14H2,1-3H3,(H,24,27). The summed E-state index contributed by atoms with van der Waals surface area (Å²) in [5, 5.41) is 4.36. The molecule has 0 aliphatic rings. The average molecular weight is 398 g/mol. The molecule has 3 aromatic rings. The predicted molar refractivity (Wildman–Crippen MR) is 114 cm³/mol. The van der Waals surface area contributed by atoms with E-state index in [1.54, 1.807) is 12.0 Å². The van der Waals surface area contributed by atoms with Crippen LogP contribution in [-0.4, -0.2) is 31.3 Å². The summed E-state index contributed by atoms with van der Waals surface area (Å²) in [4.78, 5) is 18.9. The molecule has 1 aromatic heterocycles. The number of para-hydroxylation sites is 1. The fraction of sp³-hybridized carbons (Fsp3) is 0.273. The van der Waals surface area contributed by atoms with E-state index in [-0.39, 0.29) is 6.03 Å². The molecule has 2 amide bonds. The highest BCUT2D eigenvalue weighted by Gasteiger charge is 2.16. The second kappa shape index (κ2) is 9.04. The second-order valence-corrected chi connectivity index (χ2v) is 7.06. The third-order valence-corrected chi connectivity index (χ3v) is 5.05. The zero-order valence-electron chi connectivity index (χ0n) is 16.3. The van der Waals surface area contributed by atoms with Gasteiger partial charge in [-0.3, -0.25) is 4.90 Å². The summed E-state index contributed by atoms with van der Waals surface area (Å²) in [7, 11) is 1.62. The normalized spacial score (nSPS) is 10.9. The minimum atomic E-state index is -0.209. The van der Waals surface area contributed by atoms with Gasteiger partial charge in [-0.25, -0.2) is 9.78 Å². The lowest BCUT2D eigenvalue weighted by Gasteiger charge is -2.23. The fourth-order valence-corrected chi connectivity index (χ4v) is 3.20. The number of aryl methyl sites for hydroxylation is 2. The van der Waals surface area contributed by atoms with Crippen molar-refractivity contribution in [1.82, 2.24) is 10.3 Å². The van der Waals surface area contributed by atoms with Crippen molar-refractivity contribution < 1.29 is 9.53 Å². The second-order valence-electron chi connectivity index (χ2n) is 6.71. The maximum atomic E-state index is 12.8. The first-order valence-electron chi connectivity index (χ1n) is 9.15. The molecule has 2 aromatic carbocycles. The van der Waals surface area contributed by atoms with Crippen molar-refractivity contribution >= 4 is 34.2 Å². The Hall–Kier alpha value is -2.63. The van der Waals surface area contributed by atoms with Crippen LogP contribution in [-0.2, 0) is 11.3 Å². The van der Waals surface area contributed by atoms with Gasteiger partial charge in [-0.05, 0) is 55.3 Å². The third kappa shape index (κ3) is 4.61. The highest BCUT2D eigenvalue weighted by atomic mass is 35.5. The van der Waals surface area contributed by atoms with Gasteiger partial charge in [0.1, 0.15) is 5.15 Å². The first kappa shape index (κ1) is 20.1. The number of ether oxygens (including phenoxy) is 1. The SMILES string of the molecule is COCCN(C(=O)NCc1cc2cc(C)c(C)cc2nc1Cl)c1ccccc1. The van der Waals surface area contributed by atoms with Crippen LogP contribution in [0.25, 0.3) is 10.9 Å². The minimum Gasteiger partial charge on any atom is -0.383 e. The van der Waals surface area contributed by atoms with E-state index < -0.39 is 0 Å². The molecular formula is C22H24ClN3O2. The number of rotatable bonds is 6. The largest absolute Gasteiger partial charge is 0.383 e. The molecule has 28 heavy (non-hydrogen) atoms. The maximum Gasteiger partial charge on any atom is 0.322 e. The van der Waals surface area contributed by atoms with Crippen molar-refractivity contribution in [3.05, 3.63) is 70.4 Å². The smallest absolute Gasteiger partial charge is 0.322 e. The molecule has 0 fully saturated rings. The topological polar surface area (TPSA) is 54.5 Å². The Balaban J connectivity index is 1.78. The van der Waals surface area contributed by atoms with Gasteiger partial charge in [0.2, 0.25) is 0 Å². The van der Waals surface area contributed by atoms with Crippen molar-refractivity contribution in [2.75, 3.05) is 25.2 Å². The molecule has 1 heterocycles. The first-order chi connectivity index (χ1) is 13.5. The summed E-state index contributed by atoms with van der Waals surface area (Å²) in [6.45, 7) is 5.31. The molecule has 0 saturated carbocycles. The Morgan fingerprint density at radius 1 is 1.14 bits per heavy atom. The van der Waals surface area contributed by atoms with Crippen LogP contribution in [0.2, 0.25) is 5.15 Å². The number of aromatic nitrogens is 1. The van der Waals surface area contributed by atoms with Crippen LogP contribution in [0, 0.1) is 13.8 Å². The minimum absolute atomic E-state index is 0.209. The van der Waals surface area contributed by atoms with Crippen LogP contribution in [0.1, 0.15) is 16.7 Å². The van der Waals surface area contributed by atoms with Gasteiger partial charge in [0, 0.05) is 30.3 Å². The number of methoxy groups -OCH3 is 1. The average Bonchev–Trinajstić information content (AvgIpc) is 2.69. The van der Waals surface area contributed by atoms with E-state index in [4.69, 9.17) is 16.3 Å². The number of anilines is 1. The molecule has 6 heteroatoms. The molecule has 0 unspecified atom stereocenters. The van der Waals surface area contributed by atoms with Gasteiger partial charge < -0.3 is 10.1 Å². The summed E-state index contributed by atoms with van der Waals surface area (Å²) in [6.07, 6.45) is 0. The van der Waals surface area contributed by atoms with Crippen LogP contribution in [0.15, 0.2) is 48.5 Å². The number of hydrogen-bond donors (Lipinski definition) is 1. The Morgan fingerprint density at radius 3 is 2.57 bits per heavy atom. The summed E-state index contributed by atoms with van der Waals surface area (Å²) >= 11 is 6.36. The number of fused-ring (bicyclic) bond motifs is 1. The van der Waals surface area contributed by atoms with E-state index in [9.17, 15) is 4.79 Å². The van der Waals surface area contributed by atoms with Crippen LogP contribution in [0.3, 0.4) is 0 Å². The van der Waals surface area contributed by atoms with Gasteiger partial charge in [-0.2, -0.15) is 0 Å². The van der Waals surface area contributed by atoms with Gasteiger partial charge in [0.15, 0.2) is 0 Å². The van der Waals surface area contributed by atoms with E-state index in [0.717, 1.165) is 22.2 Å². The van der Waals surface area contributed by atoms with E-state index in [2.05, 4.69) is 30.2 Å². The van der Waals surface area contributed by atoms with Crippen LogP contribution in [0.5, 0.6) is 0 Å². The highest BCUT2D eigenvalue weighted by molar-refractivity contribution is 6.30. The molecule has 0 radical (unpaired) electrons. The van der Waals surface area contributed by atoms with Crippen molar-refractivity contribution in [3.8, 4) is 0 Å². The van der Waals surface area contributed by atoms with Crippen LogP contribution in [0.4, 0.5) is 10.5 Å². The summed E-state index contributed by atoms with van der Waals surface area (Å²) in [6, 6.07) is 15.4. The maximum absolute atomic E-state index is 12.8. The van der Waals surface area contributed by atoms with Gasteiger partial charge in [-0.15, -0.1) is 0 Å². The third-order valence-electron chi connectivity index (χ3n) is 4.72. The van der Waals surface area contributed by atoms with Crippen molar-refractivity contribution in [1.29, 1.82) is 0 Å². The van der Waals surface area contributed by atoms with Gasteiger partial charge >= 0.3 is 6.03 Å². The number of halogens is 1. The number of nitrogens with one attached hydrogen (secondary N) is 1. The molecule has 146 valence electrons. The van der Waals surface area contributed by atoms with Gasteiger partial charge in [-0.1, -0.05) is 29.8 Å². The molecule has 0 bridgehead atoms. The molecule has 5 nitrogen and oxygen atoms in total. The number of hydrogen-bond acceptors (Lipinski definition) is 3. The molecule has 3 rings (SSSR count). The summed E-state index contributed by atoms with van der Waals surface area (Å²) in [5.74, 6) is 0. The molecule has 0 aliphatic heterocycles. The molecule has 0 aliphatic carbocycles. The van der Waals surface area contributed by atoms with Gasteiger partial charge in [0.05, 0.1) is 18.7 Å². The van der Waals surface area contributed by atoms with Crippen LogP contribution < -0.4 is 10.2 Å². The first-order valence-corrected chi connectivity index (χ1v) is 9.53. The molecule has 0 saturated heterocycles. The van der Waals surface area contributed by atoms with Crippen molar-refractivity contribution in [2.24, 2.45) is 0 Å². The van der Waals surface area contributed by atoms with Crippen molar-refractivity contribution in [3.63, 3.8) is 0 Å². The summed E-state index contributed by atoms with van der Waals surface area (Å²) in [5.41, 5.74) is 4.82. The zero-order chi connectivity index (χ0) is 20.1. The predicted octanol–water partition coefficient (Wildman–Crippen LogP) is 4.87. The van der Waals surface area contributed by atoms with Crippen LogP contribution >= 0.6 is 11.6 Å². The molecular weight excluding hydrogens is 374 g/mol. The van der Waals surface area contributed by atoms with E-state index in [1.165, 1.54) is 11.1 Å². The van der Waals surface area contributed by atoms with E-state index in [0.29, 0.717) is 24.8 Å². The lowest BCUT2D eigenvalue weighted by Crippen LogP contribution is -2.41. The van der Waals surface area contributed by atoms with Crippen molar-refractivity contribution in [2.45, 2.75) is 20.4 Å². The lowest BCUT2D eigenvalue weighted by molar-refractivity contribution is 0.202. The number of carbonyl (C=O) groups is 1. The fourth-order valence-electron chi connectivity index (χ4n) is 2.99. The Bertz CT molecular complexity index is 976. The zero-order valence-corrected chi connectivity index (χ0v) is 17.1. The number of carbonyl (C=O) groups excluding carboxylic acids is 1. The Morgan fingerprint density at radius 2 is 1.86 bits per heavy atom. The quantitative estimate of drug-likeness (QED) is 0.604. The number of urea groups is 1. The molecule has 1 N–H and O–H groups in total. The number of pyridine rings is 1. The van der Waals surface area contributed by atoms with Gasteiger partial charge in [0.25, 0.3) is 0 Å². The van der Waals surface area contributed by atoms with E-state index >= 15 is 0 Å². The molecule has 0 atom stereocenters. The Labute approximate surface area is 170 Å². The lowest BCUT2D eigenvalue weighted by atomic mass is 10.1. The Kier molecular flexibility index (Phi) is 6.49. The summed E-state index contributed by atoms with van der Waals surface area (Å²) < 4.78 is 5.14. The monoisotopic (exact) mass is 397 g/mol. The number of benzene rings is 2. The number of amides is 2. The number of nitrogens with zero attached hydrogens (tertiary/aromatic N) is 2. The van der Waals surface area contributed by atoms with E-state index in [1.807, 2.05) is 42.5 Å². The molecule has 0 spiro atoms. The highest BCUT2D eigenvalue weighted by Crippen LogP contribution is 2.23.